The summed E-state index contributed by atoms with van der Waals surface area (Å²) in [6, 6.07) is 8.66. The zero-order chi connectivity index (χ0) is 12.0. The molecule has 1 rings (SSSR count). The topological polar surface area (TPSA) is 12.0 Å². The molecule has 0 bridgehead atoms. The zero-order valence-electron chi connectivity index (χ0n) is 10.5. The Labute approximate surface area is 104 Å². The van der Waals surface area contributed by atoms with Crippen molar-refractivity contribution in [3.63, 3.8) is 0 Å². The van der Waals surface area contributed by atoms with E-state index < -0.39 is 0 Å². The third-order valence-corrected chi connectivity index (χ3v) is 3.44. The summed E-state index contributed by atoms with van der Waals surface area (Å²) in [5.41, 5.74) is 1.25. The van der Waals surface area contributed by atoms with Gasteiger partial charge in [-0.25, -0.2) is 0 Å². The minimum Gasteiger partial charge on any atom is -0.313 e. The first-order chi connectivity index (χ1) is 7.70. The summed E-state index contributed by atoms with van der Waals surface area (Å²) in [6.07, 6.45) is 2.30. The molecular weight excluding hydrogens is 218 g/mol. The Balaban J connectivity index is 2.74. The van der Waals surface area contributed by atoms with E-state index in [0.717, 1.165) is 18.0 Å². The fourth-order valence-corrected chi connectivity index (χ4v) is 2.37. The number of hydrogen-bond donors (Lipinski definition) is 1. The third-order valence-electron chi connectivity index (χ3n) is 3.10. The second kappa shape index (κ2) is 6.93. The van der Waals surface area contributed by atoms with Gasteiger partial charge in [-0.3, -0.25) is 0 Å². The number of halogens is 1. The lowest BCUT2D eigenvalue weighted by atomic mass is 9.91. The Morgan fingerprint density at radius 3 is 2.50 bits per heavy atom. The van der Waals surface area contributed by atoms with Gasteiger partial charge in [0.2, 0.25) is 0 Å². The molecule has 2 unspecified atom stereocenters. The van der Waals surface area contributed by atoms with Gasteiger partial charge in [0.05, 0.1) is 0 Å². The van der Waals surface area contributed by atoms with Gasteiger partial charge in [0.25, 0.3) is 0 Å². The number of nitrogens with one attached hydrogen (secondary N) is 1. The smallest absolute Gasteiger partial charge is 0.0441 e. The Morgan fingerprint density at radius 2 is 1.94 bits per heavy atom. The Hall–Kier alpha value is -0.530. The van der Waals surface area contributed by atoms with E-state index in [0.29, 0.717) is 12.0 Å². The van der Waals surface area contributed by atoms with E-state index in [-0.39, 0.29) is 0 Å². The van der Waals surface area contributed by atoms with Crippen LogP contribution in [0.3, 0.4) is 0 Å². The van der Waals surface area contributed by atoms with Crippen molar-refractivity contribution in [2.75, 3.05) is 6.54 Å². The molecule has 0 fully saturated rings. The predicted molar refractivity (Wildman–Crippen MR) is 72.2 cm³/mol. The minimum absolute atomic E-state index is 0.463. The maximum atomic E-state index is 6.23. The first-order valence-electron chi connectivity index (χ1n) is 6.18. The minimum atomic E-state index is 0.463. The van der Waals surface area contributed by atoms with E-state index in [2.05, 4.69) is 38.2 Å². The molecule has 2 heteroatoms. The molecule has 0 saturated carbocycles. The summed E-state index contributed by atoms with van der Waals surface area (Å²) in [6.45, 7) is 7.74. The lowest BCUT2D eigenvalue weighted by molar-refractivity contribution is 0.438. The monoisotopic (exact) mass is 239 g/mol. The van der Waals surface area contributed by atoms with Crippen LogP contribution in [0.15, 0.2) is 24.3 Å². The molecule has 0 amide bonds. The number of benzene rings is 1. The molecule has 2 atom stereocenters. The highest BCUT2D eigenvalue weighted by molar-refractivity contribution is 6.31. The van der Waals surface area contributed by atoms with Crippen LogP contribution in [0, 0.1) is 0 Å². The summed E-state index contributed by atoms with van der Waals surface area (Å²) < 4.78 is 0. The largest absolute Gasteiger partial charge is 0.313 e. The van der Waals surface area contributed by atoms with Gasteiger partial charge in [-0.1, -0.05) is 50.6 Å². The molecule has 0 aliphatic heterocycles. The quantitative estimate of drug-likeness (QED) is 0.784. The van der Waals surface area contributed by atoms with Crippen molar-refractivity contribution in [3.8, 4) is 0 Å². The van der Waals surface area contributed by atoms with E-state index in [1.807, 2.05) is 12.1 Å². The predicted octanol–water partition coefficient (Wildman–Crippen LogP) is 4.22. The van der Waals surface area contributed by atoms with Gasteiger partial charge in [-0.2, -0.15) is 0 Å². The fraction of sp³-hybridized carbons (Fsp3) is 0.571. The highest BCUT2D eigenvalue weighted by Crippen LogP contribution is 2.27. The van der Waals surface area contributed by atoms with Crippen LogP contribution < -0.4 is 5.32 Å². The molecule has 16 heavy (non-hydrogen) atoms. The third kappa shape index (κ3) is 3.50. The van der Waals surface area contributed by atoms with Crippen LogP contribution in [0.5, 0.6) is 0 Å². The summed E-state index contributed by atoms with van der Waals surface area (Å²) in [5, 5.41) is 4.47. The Morgan fingerprint density at radius 1 is 1.25 bits per heavy atom. The molecule has 0 heterocycles. The first kappa shape index (κ1) is 13.5. The van der Waals surface area contributed by atoms with E-state index in [4.69, 9.17) is 11.6 Å². The summed E-state index contributed by atoms with van der Waals surface area (Å²) in [4.78, 5) is 0. The van der Waals surface area contributed by atoms with E-state index in [1.165, 1.54) is 12.0 Å². The van der Waals surface area contributed by atoms with Crippen molar-refractivity contribution in [2.24, 2.45) is 0 Å². The molecular formula is C14H22ClN. The van der Waals surface area contributed by atoms with Crippen molar-refractivity contribution in [1.82, 2.24) is 5.32 Å². The molecule has 0 aliphatic carbocycles. The fourth-order valence-electron chi connectivity index (χ4n) is 2.07. The van der Waals surface area contributed by atoms with Gasteiger partial charge in [-0.15, -0.1) is 0 Å². The number of hydrogen-bond acceptors (Lipinski definition) is 1. The molecule has 0 aliphatic rings. The summed E-state index contributed by atoms with van der Waals surface area (Å²) >= 11 is 6.23. The average molecular weight is 240 g/mol. The molecule has 1 nitrogen and oxygen atoms in total. The molecule has 0 radical (unpaired) electrons. The summed E-state index contributed by atoms with van der Waals surface area (Å²) in [7, 11) is 0. The van der Waals surface area contributed by atoms with Gasteiger partial charge in [0.15, 0.2) is 0 Å². The second-order valence-corrected chi connectivity index (χ2v) is 4.69. The van der Waals surface area contributed by atoms with Crippen molar-refractivity contribution in [2.45, 2.75) is 45.6 Å². The maximum Gasteiger partial charge on any atom is 0.0441 e. The van der Waals surface area contributed by atoms with E-state index in [1.54, 1.807) is 0 Å². The van der Waals surface area contributed by atoms with Gasteiger partial charge < -0.3 is 5.32 Å². The van der Waals surface area contributed by atoms with Crippen LogP contribution >= 0.6 is 11.6 Å². The van der Waals surface area contributed by atoms with Crippen LogP contribution in [-0.2, 0) is 0 Å². The number of rotatable bonds is 6. The van der Waals surface area contributed by atoms with Crippen molar-refractivity contribution < 1.29 is 0 Å². The van der Waals surface area contributed by atoms with Gasteiger partial charge in [-0.05, 0) is 36.9 Å². The molecule has 0 saturated heterocycles. The van der Waals surface area contributed by atoms with E-state index >= 15 is 0 Å². The SMILES string of the molecule is CCCNC(CC)C(C)c1ccccc1Cl. The first-order valence-corrected chi connectivity index (χ1v) is 6.56. The lowest BCUT2D eigenvalue weighted by Gasteiger charge is -2.25. The maximum absolute atomic E-state index is 6.23. The van der Waals surface area contributed by atoms with Crippen LogP contribution in [-0.4, -0.2) is 12.6 Å². The van der Waals surface area contributed by atoms with Crippen molar-refractivity contribution in [1.29, 1.82) is 0 Å². The second-order valence-electron chi connectivity index (χ2n) is 4.28. The van der Waals surface area contributed by atoms with Crippen LogP contribution in [0.4, 0.5) is 0 Å². The Bertz CT molecular complexity index is 311. The Kier molecular flexibility index (Phi) is 5.86. The van der Waals surface area contributed by atoms with Gasteiger partial charge >= 0.3 is 0 Å². The van der Waals surface area contributed by atoms with Gasteiger partial charge in [0, 0.05) is 11.1 Å². The highest BCUT2D eigenvalue weighted by atomic mass is 35.5. The van der Waals surface area contributed by atoms with Crippen LogP contribution in [0.2, 0.25) is 5.02 Å². The molecule has 1 aromatic carbocycles. The molecule has 0 spiro atoms. The highest BCUT2D eigenvalue weighted by Gasteiger charge is 2.18. The molecule has 90 valence electrons. The van der Waals surface area contributed by atoms with Gasteiger partial charge in [0.1, 0.15) is 0 Å². The van der Waals surface area contributed by atoms with E-state index in [9.17, 15) is 0 Å². The molecule has 1 aromatic rings. The average Bonchev–Trinajstić information content (AvgIpc) is 2.30. The van der Waals surface area contributed by atoms with Crippen molar-refractivity contribution >= 4 is 11.6 Å². The molecule has 1 N–H and O–H groups in total. The standard InChI is InChI=1S/C14H22ClN/c1-4-10-16-14(5-2)11(3)12-8-6-7-9-13(12)15/h6-9,11,14,16H,4-5,10H2,1-3H3. The normalized spacial score (nSPS) is 14.8. The lowest BCUT2D eigenvalue weighted by Crippen LogP contribution is -2.33. The van der Waals surface area contributed by atoms with Crippen LogP contribution in [0.25, 0.3) is 0 Å². The van der Waals surface area contributed by atoms with Crippen LogP contribution in [0.1, 0.15) is 45.1 Å². The zero-order valence-corrected chi connectivity index (χ0v) is 11.2. The van der Waals surface area contributed by atoms with Crippen molar-refractivity contribution in [3.05, 3.63) is 34.9 Å². The summed E-state index contributed by atoms with van der Waals surface area (Å²) in [5.74, 6) is 0.463. The molecule has 0 aromatic heterocycles.